The number of rotatable bonds is 7. The lowest BCUT2D eigenvalue weighted by Crippen LogP contribution is -2.23. The van der Waals surface area contributed by atoms with E-state index in [0.717, 1.165) is 26.2 Å². The number of likely N-dealkylation sites (N-methyl/N-ethyl adjacent to an activating group) is 1. The highest BCUT2D eigenvalue weighted by atomic mass is 16.5. The summed E-state index contributed by atoms with van der Waals surface area (Å²) in [5.41, 5.74) is 2.67. The number of hydrogen-bond acceptors (Lipinski definition) is 3. The molecule has 0 saturated carbocycles. The van der Waals surface area contributed by atoms with Crippen LogP contribution in [0.1, 0.15) is 43.4 Å². The fraction of sp³-hybridized carbons (Fsp3) is 0.647. The summed E-state index contributed by atoms with van der Waals surface area (Å²) in [5.74, 6) is 1.16. The molecule has 1 aliphatic heterocycles. The maximum absolute atomic E-state index is 5.86. The molecule has 1 aromatic rings. The van der Waals surface area contributed by atoms with E-state index in [0.29, 0.717) is 18.4 Å². The van der Waals surface area contributed by atoms with Crippen molar-refractivity contribution in [3.05, 3.63) is 35.4 Å². The number of nitrogens with one attached hydrogen (secondary N) is 1. The Kier molecular flexibility index (Phi) is 6.02. The molecule has 3 heteroatoms. The van der Waals surface area contributed by atoms with Gasteiger partial charge >= 0.3 is 0 Å². The minimum Gasteiger partial charge on any atom is -0.381 e. The normalized spacial score (nSPS) is 20.5. The van der Waals surface area contributed by atoms with Crippen molar-refractivity contribution < 1.29 is 9.47 Å². The van der Waals surface area contributed by atoms with Gasteiger partial charge in [0.1, 0.15) is 0 Å². The highest BCUT2D eigenvalue weighted by Gasteiger charge is 2.17. The van der Waals surface area contributed by atoms with E-state index in [9.17, 15) is 0 Å². The average molecular weight is 277 g/mol. The van der Waals surface area contributed by atoms with Crippen molar-refractivity contribution in [1.82, 2.24) is 5.32 Å². The zero-order chi connectivity index (χ0) is 14.4. The first-order valence-electron chi connectivity index (χ1n) is 7.63. The Bertz CT molecular complexity index is 382. The zero-order valence-electron chi connectivity index (χ0n) is 12.9. The number of ether oxygens (including phenoxy) is 2. The first-order chi connectivity index (χ1) is 9.70. The molecular formula is C17H27NO2. The van der Waals surface area contributed by atoms with Gasteiger partial charge in [0.2, 0.25) is 0 Å². The average Bonchev–Trinajstić information content (AvgIpc) is 2.97. The van der Waals surface area contributed by atoms with Gasteiger partial charge in [-0.1, -0.05) is 38.1 Å². The molecule has 1 saturated heterocycles. The van der Waals surface area contributed by atoms with E-state index in [1.165, 1.54) is 11.1 Å². The van der Waals surface area contributed by atoms with Crippen LogP contribution < -0.4 is 5.32 Å². The van der Waals surface area contributed by atoms with Gasteiger partial charge in [0.15, 0.2) is 0 Å². The molecule has 0 aromatic heterocycles. The first kappa shape index (κ1) is 15.5. The Morgan fingerprint density at radius 3 is 2.50 bits per heavy atom. The highest BCUT2D eigenvalue weighted by Crippen LogP contribution is 2.19. The van der Waals surface area contributed by atoms with Crippen LogP contribution in [-0.4, -0.2) is 33.5 Å². The summed E-state index contributed by atoms with van der Waals surface area (Å²) in [6, 6.07) is 9.11. The van der Waals surface area contributed by atoms with Gasteiger partial charge in [0.25, 0.3) is 0 Å². The molecule has 0 amide bonds. The molecule has 1 aliphatic rings. The molecule has 0 spiro atoms. The zero-order valence-corrected chi connectivity index (χ0v) is 12.9. The van der Waals surface area contributed by atoms with Gasteiger partial charge in [-0.2, -0.15) is 0 Å². The van der Waals surface area contributed by atoms with Crippen LogP contribution >= 0.6 is 0 Å². The van der Waals surface area contributed by atoms with E-state index in [1.54, 1.807) is 0 Å². The Hall–Kier alpha value is -0.900. The molecule has 2 atom stereocenters. The van der Waals surface area contributed by atoms with Gasteiger partial charge in [0, 0.05) is 12.5 Å². The Morgan fingerprint density at radius 1 is 1.25 bits per heavy atom. The maximum Gasteiger partial charge on any atom is 0.0661 e. The minimum atomic E-state index is 0.263. The second-order valence-electron chi connectivity index (χ2n) is 5.93. The first-order valence-corrected chi connectivity index (χ1v) is 7.63. The topological polar surface area (TPSA) is 30.5 Å². The smallest absolute Gasteiger partial charge is 0.0661 e. The van der Waals surface area contributed by atoms with E-state index >= 15 is 0 Å². The lowest BCUT2D eigenvalue weighted by Gasteiger charge is -2.19. The van der Waals surface area contributed by atoms with E-state index in [1.807, 2.05) is 7.05 Å². The molecular weight excluding hydrogens is 250 g/mol. The summed E-state index contributed by atoms with van der Waals surface area (Å²) in [7, 11) is 1.99. The Morgan fingerprint density at radius 2 is 1.95 bits per heavy atom. The number of hydrogen-bond donors (Lipinski definition) is 1. The van der Waals surface area contributed by atoms with Crippen LogP contribution in [0.4, 0.5) is 0 Å². The summed E-state index contributed by atoms with van der Waals surface area (Å²) >= 11 is 0. The van der Waals surface area contributed by atoms with Crippen molar-refractivity contribution in [2.75, 3.05) is 33.5 Å². The van der Waals surface area contributed by atoms with E-state index in [2.05, 4.69) is 43.4 Å². The lowest BCUT2D eigenvalue weighted by atomic mass is 9.99. The highest BCUT2D eigenvalue weighted by molar-refractivity contribution is 5.26. The predicted molar refractivity (Wildman–Crippen MR) is 82.1 cm³/mol. The molecule has 0 aliphatic carbocycles. The molecule has 3 nitrogen and oxygen atoms in total. The predicted octanol–water partition coefficient (Wildman–Crippen LogP) is 3.12. The Balaban J connectivity index is 1.83. The molecule has 1 aromatic carbocycles. The number of benzene rings is 1. The Labute approximate surface area is 122 Å². The van der Waals surface area contributed by atoms with E-state index < -0.39 is 0 Å². The van der Waals surface area contributed by atoms with Crippen molar-refractivity contribution in [3.63, 3.8) is 0 Å². The molecule has 2 rings (SSSR count). The minimum absolute atomic E-state index is 0.263. The van der Waals surface area contributed by atoms with Gasteiger partial charge < -0.3 is 14.8 Å². The van der Waals surface area contributed by atoms with Crippen LogP contribution in [0, 0.1) is 5.92 Å². The monoisotopic (exact) mass is 277 g/mol. The van der Waals surface area contributed by atoms with Gasteiger partial charge in [-0.3, -0.25) is 0 Å². The molecule has 1 fully saturated rings. The molecule has 1 N–H and O–H groups in total. The summed E-state index contributed by atoms with van der Waals surface area (Å²) in [4.78, 5) is 0. The van der Waals surface area contributed by atoms with Gasteiger partial charge in [0.05, 0.1) is 25.9 Å². The largest absolute Gasteiger partial charge is 0.381 e. The van der Waals surface area contributed by atoms with Crippen molar-refractivity contribution >= 4 is 0 Å². The van der Waals surface area contributed by atoms with Crippen LogP contribution in [0.25, 0.3) is 0 Å². The third-order valence-electron chi connectivity index (χ3n) is 4.02. The van der Waals surface area contributed by atoms with E-state index in [4.69, 9.17) is 9.47 Å². The summed E-state index contributed by atoms with van der Waals surface area (Å²) in [6.45, 7) is 7.71. The van der Waals surface area contributed by atoms with Crippen molar-refractivity contribution in [2.24, 2.45) is 5.92 Å². The summed E-state index contributed by atoms with van der Waals surface area (Å²) < 4.78 is 11.2. The van der Waals surface area contributed by atoms with Crippen molar-refractivity contribution in [2.45, 2.75) is 32.2 Å². The van der Waals surface area contributed by atoms with Gasteiger partial charge in [-0.25, -0.2) is 0 Å². The second-order valence-corrected chi connectivity index (χ2v) is 5.93. The van der Waals surface area contributed by atoms with Crippen LogP contribution in [0.15, 0.2) is 24.3 Å². The van der Waals surface area contributed by atoms with Gasteiger partial charge in [-0.05, 0) is 30.5 Å². The van der Waals surface area contributed by atoms with E-state index in [-0.39, 0.29) is 6.04 Å². The molecule has 0 radical (unpaired) electrons. The van der Waals surface area contributed by atoms with Crippen molar-refractivity contribution in [1.29, 1.82) is 0 Å². The standard InChI is InChI=1S/C17H27NO2/c1-13(2)15-4-6-16(7-5-15)17(18-3)12-20-11-14-8-9-19-10-14/h4-7,13-14,17-18H,8-12H2,1-3H3. The van der Waals surface area contributed by atoms with Crippen LogP contribution in [0.5, 0.6) is 0 Å². The quantitative estimate of drug-likeness (QED) is 0.830. The molecule has 2 unspecified atom stereocenters. The second kappa shape index (κ2) is 7.77. The van der Waals surface area contributed by atoms with Crippen LogP contribution in [-0.2, 0) is 9.47 Å². The fourth-order valence-electron chi connectivity index (χ4n) is 2.53. The molecule has 20 heavy (non-hydrogen) atoms. The SMILES string of the molecule is CNC(COCC1CCOC1)c1ccc(C(C)C)cc1. The summed E-state index contributed by atoms with van der Waals surface area (Å²) in [6.07, 6.45) is 1.13. The van der Waals surface area contributed by atoms with Crippen LogP contribution in [0.3, 0.4) is 0 Å². The summed E-state index contributed by atoms with van der Waals surface area (Å²) in [5, 5.41) is 3.34. The maximum atomic E-state index is 5.86. The fourth-order valence-corrected chi connectivity index (χ4v) is 2.53. The van der Waals surface area contributed by atoms with Gasteiger partial charge in [-0.15, -0.1) is 0 Å². The van der Waals surface area contributed by atoms with Crippen molar-refractivity contribution in [3.8, 4) is 0 Å². The molecule has 112 valence electrons. The lowest BCUT2D eigenvalue weighted by molar-refractivity contribution is 0.0758. The van der Waals surface area contributed by atoms with Crippen LogP contribution in [0.2, 0.25) is 0 Å². The third-order valence-corrected chi connectivity index (χ3v) is 4.02. The third kappa shape index (κ3) is 4.30. The molecule has 1 heterocycles. The molecule has 0 bridgehead atoms.